The van der Waals surface area contributed by atoms with Crippen LogP contribution in [-0.2, 0) is 10.2 Å². The summed E-state index contributed by atoms with van der Waals surface area (Å²) in [5.41, 5.74) is 1.52. The van der Waals surface area contributed by atoms with E-state index in [1.54, 1.807) is 4.90 Å². The van der Waals surface area contributed by atoms with Crippen molar-refractivity contribution in [1.29, 1.82) is 0 Å². The third-order valence-corrected chi connectivity index (χ3v) is 3.66. The van der Waals surface area contributed by atoms with Gasteiger partial charge in [0.1, 0.15) is 0 Å². The van der Waals surface area contributed by atoms with Crippen LogP contribution in [0.1, 0.15) is 39.2 Å². The highest BCUT2D eigenvalue weighted by molar-refractivity contribution is 6.07. The van der Waals surface area contributed by atoms with Crippen LogP contribution in [-0.4, -0.2) is 23.7 Å². The Balaban J connectivity index is 2.30. The van der Waals surface area contributed by atoms with Crippen LogP contribution in [0.3, 0.4) is 0 Å². The van der Waals surface area contributed by atoms with Crippen molar-refractivity contribution in [1.82, 2.24) is 0 Å². The zero-order valence-electron chi connectivity index (χ0n) is 11.3. The maximum absolute atomic E-state index is 12.4. The van der Waals surface area contributed by atoms with Crippen molar-refractivity contribution in [3.05, 3.63) is 29.8 Å². The van der Waals surface area contributed by atoms with Crippen LogP contribution >= 0.6 is 0 Å². The fourth-order valence-corrected chi connectivity index (χ4v) is 2.62. The summed E-state index contributed by atoms with van der Waals surface area (Å²) in [5, 5.41) is 9.93. The largest absolute Gasteiger partial charge is 0.391 e. The van der Waals surface area contributed by atoms with Crippen molar-refractivity contribution in [2.45, 2.75) is 45.1 Å². The molecule has 1 N–H and O–H groups in total. The third-order valence-electron chi connectivity index (χ3n) is 3.66. The standard InChI is InChI=1S/C15H21NO2/c1-4-7-11(17)10-16-13-9-6-5-8-12(13)15(2,3)14(16)18/h5-6,8-9,11,17H,4,7,10H2,1-3H3. The summed E-state index contributed by atoms with van der Waals surface area (Å²) in [6.45, 7) is 6.32. The van der Waals surface area contributed by atoms with Gasteiger partial charge in [-0.1, -0.05) is 31.5 Å². The van der Waals surface area contributed by atoms with Crippen molar-refractivity contribution in [3.8, 4) is 0 Å². The van der Waals surface area contributed by atoms with Gasteiger partial charge in [-0.2, -0.15) is 0 Å². The highest BCUT2D eigenvalue weighted by Crippen LogP contribution is 2.41. The van der Waals surface area contributed by atoms with Crippen LogP contribution in [0.25, 0.3) is 0 Å². The van der Waals surface area contributed by atoms with Crippen molar-refractivity contribution >= 4 is 11.6 Å². The maximum Gasteiger partial charge on any atom is 0.237 e. The number of aliphatic hydroxyl groups is 1. The van der Waals surface area contributed by atoms with E-state index in [2.05, 4.69) is 0 Å². The molecule has 1 unspecified atom stereocenters. The van der Waals surface area contributed by atoms with E-state index in [1.165, 1.54) is 0 Å². The predicted octanol–water partition coefficient (Wildman–Crippen LogP) is 2.47. The number of para-hydroxylation sites is 1. The number of hydrogen-bond donors (Lipinski definition) is 1. The number of aliphatic hydroxyl groups excluding tert-OH is 1. The molecular formula is C15H21NO2. The zero-order chi connectivity index (χ0) is 13.3. The van der Waals surface area contributed by atoms with Gasteiger partial charge in [-0.25, -0.2) is 0 Å². The summed E-state index contributed by atoms with van der Waals surface area (Å²) >= 11 is 0. The number of fused-ring (bicyclic) bond motifs is 1. The molecule has 1 aromatic carbocycles. The van der Waals surface area contributed by atoms with Gasteiger partial charge in [-0.15, -0.1) is 0 Å². The second-order valence-corrected chi connectivity index (χ2v) is 5.50. The quantitative estimate of drug-likeness (QED) is 0.888. The van der Waals surface area contributed by atoms with Gasteiger partial charge in [-0.3, -0.25) is 4.79 Å². The minimum Gasteiger partial charge on any atom is -0.391 e. The molecule has 0 spiro atoms. The summed E-state index contributed by atoms with van der Waals surface area (Å²) in [6, 6.07) is 7.85. The number of β-amino-alcohol motifs (C(OH)–C–C–N with tert-alkyl or cyclic N) is 1. The van der Waals surface area contributed by atoms with Crippen molar-refractivity contribution in [3.63, 3.8) is 0 Å². The molecule has 3 heteroatoms. The summed E-state index contributed by atoms with van der Waals surface area (Å²) in [5.74, 6) is 0.0823. The molecule has 1 heterocycles. The van der Waals surface area contributed by atoms with E-state index < -0.39 is 11.5 Å². The maximum atomic E-state index is 12.4. The van der Waals surface area contributed by atoms with Gasteiger partial charge in [0.15, 0.2) is 0 Å². The third kappa shape index (κ3) is 2.03. The van der Waals surface area contributed by atoms with E-state index in [1.807, 2.05) is 45.0 Å². The number of carbonyl (C=O) groups excluding carboxylic acids is 1. The Morgan fingerprint density at radius 1 is 1.33 bits per heavy atom. The van der Waals surface area contributed by atoms with Gasteiger partial charge in [0.25, 0.3) is 0 Å². The Bertz CT molecular complexity index is 454. The molecule has 0 radical (unpaired) electrons. The van der Waals surface area contributed by atoms with Gasteiger partial charge in [0, 0.05) is 5.69 Å². The van der Waals surface area contributed by atoms with E-state index in [4.69, 9.17) is 0 Å². The molecule has 0 bridgehead atoms. The first kappa shape index (κ1) is 13.1. The first-order valence-corrected chi connectivity index (χ1v) is 6.58. The second kappa shape index (κ2) is 4.73. The molecule has 0 aliphatic carbocycles. The monoisotopic (exact) mass is 247 g/mol. The minimum absolute atomic E-state index is 0.0823. The van der Waals surface area contributed by atoms with E-state index in [-0.39, 0.29) is 5.91 Å². The van der Waals surface area contributed by atoms with Crippen LogP contribution in [0.2, 0.25) is 0 Å². The molecular weight excluding hydrogens is 226 g/mol. The highest BCUT2D eigenvalue weighted by atomic mass is 16.3. The normalized spacial score (nSPS) is 18.9. The number of anilines is 1. The Kier molecular flexibility index (Phi) is 3.44. The number of carbonyl (C=O) groups is 1. The lowest BCUT2D eigenvalue weighted by Crippen LogP contribution is -2.40. The summed E-state index contributed by atoms with van der Waals surface area (Å²) in [6.07, 6.45) is 1.21. The van der Waals surface area contributed by atoms with Gasteiger partial charge in [-0.05, 0) is 31.9 Å². The van der Waals surface area contributed by atoms with Crippen LogP contribution in [0.15, 0.2) is 24.3 Å². The molecule has 0 saturated heterocycles. The molecule has 0 aromatic heterocycles. The Morgan fingerprint density at radius 2 is 2.00 bits per heavy atom. The number of rotatable bonds is 4. The minimum atomic E-state index is -0.484. The molecule has 1 aliphatic heterocycles. The lowest BCUT2D eigenvalue weighted by atomic mass is 9.86. The molecule has 1 aromatic rings. The predicted molar refractivity (Wildman–Crippen MR) is 72.7 cm³/mol. The van der Waals surface area contributed by atoms with Crippen LogP contribution in [0, 0.1) is 0 Å². The fraction of sp³-hybridized carbons (Fsp3) is 0.533. The van der Waals surface area contributed by atoms with E-state index in [9.17, 15) is 9.90 Å². The lowest BCUT2D eigenvalue weighted by Gasteiger charge is -2.23. The zero-order valence-corrected chi connectivity index (χ0v) is 11.3. The molecule has 98 valence electrons. The first-order chi connectivity index (χ1) is 8.48. The number of hydrogen-bond acceptors (Lipinski definition) is 2. The van der Waals surface area contributed by atoms with Crippen molar-refractivity contribution in [2.24, 2.45) is 0 Å². The van der Waals surface area contributed by atoms with Gasteiger partial charge >= 0.3 is 0 Å². The van der Waals surface area contributed by atoms with E-state index in [0.29, 0.717) is 6.54 Å². The summed E-state index contributed by atoms with van der Waals surface area (Å²) in [7, 11) is 0. The Morgan fingerprint density at radius 3 is 2.67 bits per heavy atom. The Hall–Kier alpha value is -1.35. The average Bonchev–Trinajstić information content (AvgIpc) is 2.52. The van der Waals surface area contributed by atoms with Crippen molar-refractivity contribution in [2.75, 3.05) is 11.4 Å². The lowest BCUT2D eigenvalue weighted by molar-refractivity contribution is -0.122. The molecule has 2 rings (SSSR count). The summed E-state index contributed by atoms with van der Waals surface area (Å²) < 4.78 is 0. The number of benzene rings is 1. The molecule has 3 nitrogen and oxygen atoms in total. The van der Waals surface area contributed by atoms with E-state index >= 15 is 0 Å². The highest BCUT2D eigenvalue weighted by Gasteiger charge is 2.43. The number of nitrogens with zero attached hydrogens (tertiary/aromatic N) is 1. The van der Waals surface area contributed by atoms with Crippen LogP contribution in [0.5, 0.6) is 0 Å². The SMILES string of the molecule is CCCC(O)CN1C(=O)C(C)(C)c2ccccc21. The topological polar surface area (TPSA) is 40.5 Å². The molecule has 1 aliphatic rings. The first-order valence-electron chi connectivity index (χ1n) is 6.58. The van der Waals surface area contributed by atoms with Gasteiger partial charge in [0.05, 0.1) is 18.1 Å². The molecule has 18 heavy (non-hydrogen) atoms. The fourth-order valence-electron chi connectivity index (χ4n) is 2.62. The van der Waals surface area contributed by atoms with Gasteiger partial charge in [0.2, 0.25) is 5.91 Å². The number of amides is 1. The molecule has 0 saturated carbocycles. The average molecular weight is 247 g/mol. The second-order valence-electron chi connectivity index (χ2n) is 5.50. The smallest absolute Gasteiger partial charge is 0.237 e. The summed E-state index contributed by atoms with van der Waals surface area (Å²) in [4.78, 5) is 14.2. The molecule has 0 fully saturated rings. The van der Waals surface area contributed by atoms with Crippen molar-refractivity contribution < 1.29 is 9.90 Å². The molecule has 1 amide bonds. The van der Waals surface area contributed by atoms with Crippen LogP contribution in [0.4, 0.5) is 5.69 Å². The molecule has 1 atom stereocenters. The Labute approximate surface area is 108 Å². The van der Waals surface area contributed by atoms with Crippen LogP contribution < -0.4 is 4.90 Å². The van der Waals surface area contributed by atoms with E-state index in [0.717, 1.165) is 24.1 Å². The van der Waals surface area contributed by atoms with Gasteiger partial charge < -0.3 is 10.0 Å².